The van der Waals surface area contributed by atoms with Crippen LogP contribution in [0.25, 0.3) is 17.0 Å². The summed E-state index contributed by atoms with van der Waals surface area (Å²) in [5.74, 6) is 1.48. The van der Waals surface area contributed by atoms with E-state index in [9.17, 15) is 4.79 Å². The number of aryl methyl sites for hydroxylation is 1. The summed E-state index contributed by atoms with van der Waals surface area (Å²) in [5.41, 5.74) is 4.18. The van der Waals surface area contributed by atoms with Crippen LogP contribution in [0.2, 0.25) is 0 Å². The molecular weight excluding hydrogens is 266 g/mol. The van der Waals surface area contributed by atoms with E-state index >= 15 is 0 Å². The van der Waals surface area contributed by atoms with Crippen molar-refractivity contribution in [3.8, 4) is 11.7 Å². The Kier molecular flexibility index (Phi) is 3.05. The van der Waals surface area contributed by atoms with Crippen LogP contribution in [0, 0.1) is 20.8 Å². The number of methoxy groups -OCH3 is 1. The first-order chi connectivity index (χ1) is 10.0. The average molecular weight is 283 g/mol. The van der Waals surface area contributed by atoms with Crippen molar-refractivity contribution in [3.05, 3.63) is 51.4 Å². The van der Waals surface area contributed by atoms with E-state index in [0.29, 0.717) is 11.5 Å². The Hall–Kier alpha value is -2.56. The Balaban J connectivity index is 2.23. The highest BCUT2D eigenvalue weighted by Gasteiger charge is 2.11. The summed E-state index contributed by atoms with van der Waals surface area (Å²) < 4.78 is 7.13. The first-order valence-electron chi connectivity index (χ1n) is 6.75. The standard InChI is InChI=1S/C16H17N3O2/c1-9-8-19(11(3)10(2)15(9)20)16-17-13-6-5-12(21-4)7-14(13)18-16/h5-8H,1-4H3,(H,17,18). The van der Waals surface area contributed by atoms with E-state index in [0.717, 1.165) is 28.0 Å². The Labute approximate surface area is 122 Å². The lowest BCUT2D eigenvalue weighted by molar-refractivity contribution is 0.415. The minimum absolute atomic E-state index is 0.0848. The van der Waals surface area contributed by atoms with Gasteiger partial charge >= 0.3 is 0 Å². The van der Waals surface area contributed by atoms with E-state index in [-0.39, 0.29) is 5.43 Å². The number of fused-ring (bicyclic) bond motifs is 1. The van der Waals surface area contributed by atoms with Gasteiger partial charge in [0.1, 0.15) is 5.75 Å². The fraction of sp³-hybridized carbons (Fsp3) is 0.250. The lowest BCUT2D eigenvalue weighted by Crippen LogP contribution is -2.17. The highest BCUT2D eigenvalue weighted by Crippen LogP contribution is 2.21. The SMILES string of the molecule is COc1ccc2nc(-n3cc(C)c(=O)c(C)c3C)[nH]c2c1. The number of hydrogen-bond acceptors (Lipinski definition) is 3. The molecule has 0 amide bonds. The zero-order valence-corrected chi connectivity index (χ0v) is 12.5. The van der Waals surface area contributed by atoms with Crippen molar-refractivity contribution in [2.24, 2.45) is 0 Å². The van der Waals surface area contributed by atoms with Gasteiger partial charge in [-0.15, -0.1) is 0 Å². The van der Waals surface area contributed by atoms with Gasteiger partial charge in [-0.3, -0.25) is 9.36 Å². The molecule has 0 fully saturated rings. The molecule has 0 spiro atoms. The molecule has 2 aromatic heterocycles. The van der Waals surface area contributed by atoms with Gasteiger partial charge in [-0.05, 0) is 32.9 Å². The summed E-state index contributed by atoms with van der Waals surface area (Å²) in [6.07, 6.45) is 1.82. The van der Waals surface area contributed by atoms with Crippen LogP contribution in [0.1, 0.15) is 16.8 Å². The molecule has 3 aromatic rings. The van der Waals surface area contributed by atoms with Crippen LogP contribution in [0.5, 0.6) is 5.75 Å². The lowest BCUT2D eigenvalue weighted by Gasteiger charge is -2.11. The highest BCUT2D eigenvalue weighted by molar-refractivity contribution is 5.78. The van der Waals surface area contributed by atoms with Crippen molar-refractivity contribution in [2.45, 2.75) is 20.8 Å². The van der Waals surface area contributed by atoms with Crippen LogP contribution < -0.4 is 10.2 Å². The molecule has 0 atom stereocenters. The monoisotopic (exact) mass is 283 g/mol. The molecule has 0 saturated carbocycles. The van der Waals surface area contributed by atoms with E-state index in [1.807, 2.05) is 49.7 Å². The Morgan fingerprint density at radius 2 is 2.00 bits per heavy atom. The van der Waals surface area contributed by atoms with Gasteiger partial charge in [0.2, 0.25) is 5.95 Å². The van der Waals surface area contributed by atoms with Gasteiger partial charge in [0, 0.05) is 29.1 Å². The zero-order chi connectivity index (χ0) is 15.1. The van der Waals surface area contributed by atoms with Gasteiger partial charge < -0.3 is 9.72 Å². The van der Waals surface area contributed by atoms with Gasteiger partial charge in [-0.25, -0.2) is 4.98 Å². The van der Waals surface area contributed by atoms with Crippen LogP contribution >= 0.6 is 0 Å². The third-order valence-electron chi connectivity index (χ3n) is 3.83. The zero-order valence-electron chi connectivity index (χ0n) is 12.5. The molecule has 3 rings (SSSR count). The number of aromatic nitrogens is 3. The van der Waals surface area contributed by atoms with Crippen molar-refractivity contribution in [2.75, 3.05) is 7.11 Å². The second kappa shape index (κ2) is 4.77. The van der Waals surface area contributed by atoms with Gasteiger partial charge in [0.05, 0.1) is 18.1 Å². The predicted molar refractivity (Wildman–Crippen MR) is 82.5 cm³/mol. The maximum absolute atomic E-state index is 12.0. The highest BCUT2D eigenvalue weighted by atomic mass is 16.5. The maximum Gasteiger partial charge on any atom is 0.212 e. The molecule has 5 nitrogen and oxygen atoms in total. The van der Waals surface area contributed by atoms with E-state index in [1.54, 1.807) is 7.11 Å². The predicted octanol–water partition coefficient (Wildman–Crippen LogP) is 2.65. The number of H-pyrrole nitrogens is 1. The summed E-state index contributed by atoms with van der Waals surface area (Å²) in [7, 11) is 1.64. The average Bonchev–Trinajstić information content (AvgIpc) is 2.91. The summed E-state index contributed by atoms with van der Waals surface area (Å²) >= 11 is 0. The second-order valence-electron chi connectivity index (χ2n) is 5.17. The number of pyridine rings is 1. The number of benzene rings is 1. The lowest BCUT2D eigenvalue weighted by atomic mass is 10.1. The molecule has 0 aliphatic carbocycles. The third-order valence-corrected chi connectivity index (χ3v) is 3.83. The van der Waals surface area contributed by atoms with Gasteiger partial charge in [-0.1, -0.05) is 0 Å². The minimum atomic E-state index is 0.0848. The smallest absolute Gasteiger partial charge is 0.212 e. The first kappa shape index (κ1) is 13.4. The fourth-order valence-electron chi connectivity index (χ4n) is 2.43. The van der Waals surface area contributed by atoms with E-state index < -0.39 is 0 Å². The molecule has 0 bridgehead atoms. The van der Waals surface area contributed by atoms with Gasteiger partial charge in [0.25, 0.3) is 0 Å². The van der Waals surface area contributed by atoms with Crippen molar-refractivity contribution in [1.29, 1.82) is 0 Å². The second-order valence-corrected chi connectivity index (χ2v) is 5.17. The quantitative estimate of drug-likeness (QED) is 0.786. The third kappa shape index (κ3) is 2.11. The number of aromatic amines is 1. The van der Waals surface area contributed by atoms with Crippen LogP contribution in [0.3, 0.4) is 0 Å². The van der Waals surface area contributed by atoms with Crippen LogP contribution in [0.15, 0.2) is 29.2 Å². The molecule has 0 saturated heterocycles. The summed E-state index contributed by atoms with van der Waals surface area (Å²) in [4.78, 5) is 19.8. The molecule has 1 N–H and O–H groups in total. The minimum Gasteiger partial charge on any atom is -0.497 e. The molecule has 108 valence electrons. The molecule has 0 aliphatic heterocycles. The van der Waals surface area contributed by atoms with Crippen LogP contribution in [-0.4, -0.2) is 21.6 Å². The Morgan fingerprint density at radius 3 is 2.71 bits per heavy atom. The number of rotatable bonds is 2. The maximum atomic E-state index is 12.0. The molecule has 0 unspecified atom stereocenters. The van der Waals surface area contributed by atoms with Gasteiger partial charge in [0.15, 0.2) is 5.43 Å². The molecule has 5 heteroatoms. The van der Waals surface area contributed by atoms with Crippen LogP contribution in [-0.2, 0) is 0 Å². The molecule has 0 aliphatic rings. The summed E-state index contributed by atoms with van der Waals surface area (Å²) in [5, 5.41) is 0. The summed E-state index contributed by atoms with van der Waals surface area (Å²) in [6.45, 7) is 5.58. The molecule has 21 heavy (non-hydrogen) atoms. The number of nitrogens with one attached hydrogen (secondary N) is 1. The first-order valence-corrected chi connectivity index (χ1v) is 6.75. The van der Waals surface area contributed by atoms with E-state index in [4.69, 9.17) is 4.74 Å². The van der Waals surface area contributed by atoms with E-state index in [1.165, 1.54) is 0 Å². The number of imidazole rings is 1. The van der Waals surface area contributed by atoms with Crippen molar-refractivity contribution >= 4 is 11.0 Å². The number of nitrogens with zero attached hydrogens (tertiary/aromatic N) is 2. The molecule has 1 aromatic carbocycles. The van der Waals surface area contributed by atoms with Gasteiger partial charge in [-0.2, -0.15) is 0 Å². The number of hydrogen-bond donors (Lipinski definition) is 1. The van der Waals surface area contributed by atoms with Crippen molar-refractivity contribution < 1.29 is 4.74 Å². The Morgan fingerprint density at radius 1 is 1.24 bits per heavy atom. The normalized spacial score (nSPS) is 11.0. The number of ether oxygens (including phenoxy) is 1. The topological polar surface area (TPSA) is 59.9 Å². The molecular formula is C16H17N3O2. The molecule has 2 heterocycles. The largest absolute Gasteiger partial charge is 0.497 e. The van der Waals surface area contributed by atoms with Crippen molar-refractivity contribution in [3.63, 3.8) is 0 Å². The molecule has 0 radical (unpaired) electrons. The Bertz CT molecular complexity index is 890. The summed E-state index contributed by atoms with van der Waals surface area (Å²) in [6, 6.07) is 5.69. The fourth-order valence-corrected chi connectivity index (χ4v) is 2.43. The van der Waals surface area contributed by atoms with E-state index in [2.05, 4.69) is 9.97 Å². The van der Waals surface area contributed by atoms with Crippen LogP contribution in [0.4, 0.5) is 0 Å². The van der Waals surface area contributed by atoms with Crippen molar-refractivity contribution in [1.82, 2.24) is 14.5 Å².